The van der Waals surface area contributed by atoms with E-state index in [0.29, 0.717) is 30.2 Å². The molecule has 0 aliphatic heterocycles. The van der Waals surface area contributed by atoms with Crippen molar-refractivity contribution in [1.82, 2.24) is 5.32 Å². The zero-order chi connectivity index (χ0) is 14.7. The highest BCUT2D eigenvalue weighted by Crippen LogP contribution is 2.15. The van der Waals surface area contributed by atoms with Crippen molar-refractivity contribution in [2.75, 3.05) is 0 Å². The van der Waals surface area contributed by atoms with Crippen molar-refractivity contribution in [3.63, 3.8) is 0 Å². The summed E-state index contributed by atoms with van der Waals surface area (Å²) in [5, 5.41) is 11.8. The number of hydrogen-bond donors (Lipinski definition) is 2. The standard InChI is InChI=1S/C14H13F2NO3/c1-8-11(14(18)19)5-10(20-8)7-17-6-9-2-3-12(15)13(16)4-9/h2-5,17H,6-7H2,1H3,(H,18,19). The van der Waals surface area contributed by atoms with E-state index in [4.69, 9.17) is 9.52 Å². The Kier molecular flexibility index (Phi) is 4.14. The highest BCUT2D eigenvalue weighted by Gasteiger charge is 2.13. The topological polar surface area (TPSA) is 62.5 Å². The van der Waals surface area contributed by atoms with Gasteiger partial charge in [0.25, 0.3) is 0 Å². The Balaban J connectivity index is 1.94. The largest absolute Gasteiger partial charge is 0.478 e. The van der Waals surface area contributed by atoms with E-state index in [2.05, 4.69) is 5.32 Å². The van der Waals surface area contributed by atoms with Crippen molar-refractivity contribution in [3.05, 3.63) is 58.5 Å². The number of carboxylic acid groups (broad SMARTS) is 1. The number of nitrogens with one attached hydrogen (secondary N) is 1. The first-order valence-corrected chi connectivity index (χ1v) is 5.94. The third-order valence-corrected chi connectivity index (χ3v) is 2.81. The van der Waals surface area contributed by atoms with E-state index >= 15 is 0 Å². The third kappa shape index (κ3) is 3.21. The summed E-state index contributed by atoms with van der Waals surface area (Å²) >= 11 is 0. The molecule has 1 aromatic heterocycles. The molecule has 106 valence electrons. The monoisotopic (exact) mass is 281 g/mol. The van der Waals surface area contributed by atoms with Crippen LogP contribution in [0, 0.1) is 18.6 Å². The molecule has 0 atom stereocenters. The molecule has 2 aromatic rings. The molecule has 0 saturated carbocycles. The van der Waals surface area contributed by atoms with Crippen molar-refractivity contribution >= 4 is 5.97 Å². The molecule has 0 spiro atoms. The average molecular weight is 281 g/mol. The Hall–Kier alpha value is -2.21. The molecule has 0 fully saturated rings. The number of hydrogen-bond acceptors (Lipinski definition) is 3. The number of rotatable bonds is 5. The molecule has 0 amide bonds. The number of aromatic carboxylic acids is 1. The summed E-state index contributed by atoms with van der Waals surface area (Å²) in [5.41, 5.74) is 0.709. The maximum atomic E-state index is 13.0. The smallest absolute Gasteiger partial charge is 0.339 e. The van der Waals surface area contributed by atoms with Crippen molar-refractivity contribution in [1.29, 1.82) is 0 Å². The minimum absolute atomic E-state index is 0.120. The first-order chi connectivity index (χ1) is 9.47. The lowest BCUT2D eigenvalue weighted by Gasteiger charge is -2.03. The second kappa shape index (κ2) is 5.83. The van der Waals surface area contributed by atoms with Crippen LogP contribution in [0.3, 0.4) is 0 Å². The van der Waals surface area contributed by atoms with Gasteiger partial charge in [-0.2, -0.15) is 0 Å². The SMILES string of the molecule is Cc1oc(CNCc2ccc(F)c(F)c2)cc1C(=O)O. The van der Waals surface area contributed by atoms with Gasteiger partial charge in [-0.05, 0) is 30.7 Å². The Morgan fingerprint density at radius 3 is 2.60 bits per heavy atom. The number of benzene rings is 1. The van der Waals surface area contributed by atoms with Crippen LogP contribution in [-0.4, -0.2) is 11.1 Å². The van der Waals surface area contributed by atoms with Crippen LogP contribution in [-0.2, 0) is 13.1 Å². The minimum Gasteiger partial charge on any atom is -0.478 e. The van der Waals surface area contributed by atoms with Crippen LogP contribution < -0.4 is 5.32 Å². The van der Waals surface area contributed by atoms with Gasteiger partial charge in [0.15, 0.2) is 11.6 Å². The van der Waals surface area contributed by atoms with Crippen molar-refractivity contribution < 1.29 is 23.1 Å². The fourth-order valence-corrected chi connectivity index (χ4v) is 1.82. The van der Waals surface area contributed by atoms with E-state index in [1.165, 1.54) is 12.1 Å². The lowest BCUT2D eigenvalue weighted by atomic mass is 10.2. The van der Waals surface area contributed by atoms with Crippen molar-refractivity contribution in [3.8, 4) is 0 Å². The molecule has 1 heterocycles. The summed E-state index contributed by atoms with van der Waals surface area (Å²) in [6, 6.07) is 5.09. The van der Waals surface area contributed by atoms with Crippen molar-refractivity contribution in [2.45, 2.75) is 20.0 Å². The van der Waals surface area contributed by atoms with Crippen LogP contribution >= 0.6 is 0 Å². The first kappa shape index (κ1) is 14.2. The summed E-state index contributed by atoms with van der Waals surface area (Å²) in [6.45, 7) is 2.19. The maximum Gasteiger partial charge on any atom is 0.339 e. The van der Waals surface area contributed by atoms with Gasteiger partial charge in [-0.1, -0.05) is 6.07 Å². The van der Waals surface area contributed by atoms with E-state index in [1.807, 2.05) is 0 Å². The van der Waals surface area contributed by atoms with E-state index in [1.54, 1.807) is 6.92 Å². The highest BCUT2D eigenvalue weighted by molar-refractivity contribution is 5.88. The number of halogens is 2. The minimum atomic E-state index is -1.04. The van der Waals surface area contributed by atoms with E-state index in [-0.39, 0.29) is 5.56 Å². The van der Waals surface area contributed by atoms with Crippen molar-refractivity contribution in [2.24, 2.45) is 0 Å². The van der Waals surface area contributed by atoms with Gasteiger partial charge >= 0.3 is 5.97 Å². The Morgan fingerprint density at radius 1 is 1.25 bits per heavy atom. The van der Waals surface area contributed by atoms with E-state index < -0.39 is 17.6 Å². The second-order valence-corrected chi connectivity index (χ2v) is 4.34. The summed E-state index contributed by atoms with van der Waals surface area (Å²) in [5.74, 6) is -2.02. The van der Waals surface area contributed by atoms with Crippen LogP contribution in [0.25, 0.3) is 0 Å². The number of carboxylic acids is 1. The van der Waals surface area contributed by atoms with E-state index in [0.717, 1.165) is 12.1 Å². The van der Waals surface area contributed by atoms with Crippen LogP contribution in [0.15, 0.2) is 28.7 Å². The second-order valence-electron chi connectivity index (χ2n) is 4.34. The van der Waals surface area contributed by atoms with Gasteiger partial charge in [0.05, 0.1) is 6.54 Å². The number of aryl methyl sites for hydroxylation is 1. The molecule has 6 heteroatoms. The van der Waals surface area contributed by atoms with Crippen LogP contribution in [0.1, 0.15) is 27.4 Å². The van der Waals surface area contributed by atoms with E-state index in [9.17, 15) is 13.6 Å². The van der Waals surface area contributed by atoms with Gasteiger partial charge in [0, 0.05) is 6.54 Å². The lowest BCUT2D eigenvalue weighted by Crippen LogP contribution is -2.12. The molecule has 0 saturated heterocycles. The van der Waals surface area contributed by atoms with Gasteiger partial charge in [-0.15, -0.1) is 0 Å². The molecule has 20 heavy (non-hydrogen) atoms. The van der Waals surface area contributed by atoms with Crippen LogP contribution in [0.5, 0.6) is 0 Å². The summed E-state index contributed by atoms with van der Waals surface area (Å²) < 4.78 is 31.0. The lowest BCUT2D eigenvalue weighted by molar-refractivity contribution is 0.0695. The molecule has 0 bridgehead atoms. The van der Waals surface area contributed by atoms with Gasteiger partial charge in [0.2, 0.25) is 0 Å². The van der Waals surface area contributed by atoms with Gasteiger partial charge in [-0.25, -0.2) is 13.6 Å². The molecule has 4 nitrogen and oxygen atoms in total. The molecule has 0 radical (unpaired) electrons. The molecule has 0 aliphatic carbocycles. The Bertz CT molecular complexity index is 637. The molecular formula is C14H13F2NO3. The normalized spacial score (nSPS) is 10.8. The fraction of sp³-hybridized carbons (Fsp3) is 0.214. The predicted octanol–water partition coefficient (Wildman–Crippen LogP) is 2.85. The molecule has 1 aromatic carbocycles. The molecule has 0 aliphatic rings. The van der Waals surface area contributed by atoms with Crippen LogP contribution in [0.4, 0.5) is 8.78 Å². The zero-order valence-electron chi connectivity index (χ0n) is 10.7. The Morgan fingerprint density at radius 2 is 2.00 bits per heavy atom. The summed E-state index contributed by atoms with van der Waals surface area (Å²) in [7, 11) is 0. The Labute approximate surface area is 114 Å². The van der Waals surface area contributed by atoms with Crippen LogP contribution in [0.2, 0.25) is 0 Å². The number of furan rings is 1. The third-order valence-electron chi connectivity index (χ3n) is 2.81. The zero-order valence-corrected chi connectivity index (χ0v) is 10.7. The molecular weight excluding hydrogens is 268 g/mol. The van der Waals surface area contributed by atoms with Gasteiger partial charge in [-0.3, -0.25) is 0 Å². The van der Waals surface area contributed by atoms with Gasteiger partial charge < -0.3 is 14.8 Å². The summed E-state index contributed by atoms with van der Waals surface area (Å²) in [4.78, 5) is 10.8. The number of carbonyl (C=O) groups is 1. The summed E-state index contributed by atoms with van der Waals surface area (Å²) in [6.07, 6.45) is 0. The fourth-order valence-electron chi connectivity index (χ4n) is 1.82. The average Bonchev–Trinajstić information content (AvgIpc) is 2.75. The highest BCUT2D eigenvalue weighted by atomic mass is 19.2. The maximum absolute atomic E-state index is 13.0. The predicted molar refractivity (Wildman–Crippen MR) is 67.3 cm³/mol. The molecule has 0 unspecified atom stereocenters. The molecule has 2 rings (SSSR count). The first-order valence-electron chi connectivity index (χ1n) is 5.94. The van der Waals surface area contributed by atoms with Gasteiger partial charge in [0.1, 0.15) is 17.1 Å². The quantitative estimate of drug-likeness (QED) is 0.884. The molecule has 2 N–H and O–H groups in total.